The minimum atomic E-state index is -0.194. The summed E-state index contributed by atoms with van der Waals surface area (Å²) in [5.74, 6) is -0.194. The average Bonchev–Trinajstić information content (AvgIpc) is 2.18. The Labute approximate surface area is 77.7 Å². The van der Waals surface area contributed by atoms with Crippen LogP contribution < -0.4 is 5.48 Å². The van der Waals surface area contributed by atoms with Crippen LogP contribution in [-0.4, -0.2) is 13.0 Å². The second-order valence-electron chi connectivity index (χ2n) is 2.65. The molecule has 0 heterocycles. The maximum absolute atomic E-state index is 11.4. The van der Waals surface area contributed by atoms with Gasteiger partial charge in [-0.15, -0.1) is 0 Å². The number of hydrogen-bond acceptors (Lipinski definition) is 2. The summed E-state index contributed by atoms with van der Waals surface area (Å²) in [6.07, 6.45) is 0.841. The van der Waals surface area contributed by atoms with Gasteiger partial charge in [0.25, 0.3) is 5.91 Å². The zero-order valence-electron chi connectivity index (χ0n) is 7.83. The van der Waals surface area contributed by atoms with Gasteiger partial charge in [0, 0.05) is 5.56 Å². The van der Waals surface area contributed by atoms with Gasteiger partial charge in [-0.25, -0.2) is 5.48 Å². The fourth-order valence-corrected chi connectivity index (χ4v) is 1.20. The second kappa shape index (κ2) is 4.62. The third-order valence-electron chi connectivity index (χ3n) is 1.84. The van der Waals surface area contributed by atoms with Gasteiger partial charge in [0.1, 0.15) is 0 Å². The Bertz CT molecular complexity index is 297. The monoisotopic (exact) mass is 179 g/mol. The molecular weight excluding hydrogens is 166 g/mol. The zero-order valence-corrected chi connectivity index (χ0v) is 7.83. The maximum Gasteiger partial charge on any atom is 0.275 e. The molecule has 13 heavy (non-hydrogen) atoms. The summed E-state index contributed by atoms with van der Waals surface area (Å²) in [7, 11) is 1.42. The van der Waals surface area contributed by atoms with Gasteiger partial charge in [0.2, 0.25) is 0 Å². The average molecular weight is 179 g/mol. The van der Waals surface area contributed by atoms with Gasteiger partial charge in [-0.3, -0.25) is 9.63 Å². The predicted molar refractivity (Wildman–Crippen MR) is 50.3 cm³/mol. The molecule has 1 amide bonds. The molecule has 0 fully saturated rings. The molecule has 0 radical (unpaired) electrons. The van der Waals surface area contributed by atoms with Crippen molar-refractivity contribution in [2.24, 2.45) is 0 Å². The summed E-state index contributed by atoms with van der Waals surface area (Å²) >= 11 is 0. The summed E-state index contributed by atoms with van der Waals surface area (Å²) in [5.41, 5.74) is 4.00. The van der Waals surface area contributed by atoms with Gasteiger partial charge in [0.15, 0.2) is 0 Å². The summed E-state index contributed by atoms with van der Waals surface area (Å²) in [4.78, 5) is 15.9. The fraction of sp³-hybridized carbons (Fsp3) is 0.300. The number of aryl methyl sites for hydroxylation is 1. The number of carbonyl (C=O) groups is 1. The van der Waals surface area contributed by atoms with Gasteiger partial charge < -0.3 is 0 Å². The van der Waals surface area contributed by atoms with Crippen LogP contribution in [-0.2, 0) is 11.3 Å². The first-order valence-electron chi connectivity index (χ1n) is 4.20. The lowest BCUT2D eigenvalue weighted by molar-refractivity contribution is 0.0536. The summed E-state index contributed by atoms with van der Waals surface area (Å²) in [6, 6.07) is 7.48. The van der Waals surface area contributed by atoms with Crippen LogP contribution in [0.25, 0.3) is 0 Å². The highest BCUT2D eigenvalue weighted by atomic mass is 16.6. The van der Waals surface area contributed by atoms with Crippen molar-refractivity contribution >= 4 is 5.91 Å². The maximum atomic E-state index is 11.4. The molecule has 1 aromatic carbocycles. The molecule has 0 atom stereocenters. The van der Waals surface area contributed by atoms with Gasteiger partial charge in [-0.2, -0.15) is 0 Å². The molecule has 0 saturated heterocycles. The van der Waals surface area contributed by atoms with Crippen molar-refractivity contribution in [3.63, 3.8) is 0 Å². The summed E-state index contributed by atoms with van der Waals surface area (Å²) in [5, 5.41) is 0. The first kappa shape index (κ1) is 9.74. The zero-order chi connectivity index (χ0) is 9.68. The lowest BCUT2D eigenvalue weighted by Crippen LogP contribution is -2.22. The number of rotatable bonds is 3. The second-order valence-corrected chi connectivity index (χ2v) is 2.65. The molecule has 0 bridgehead atoms. The Balaban J connectivity index is 2.92. The van der Waals surface area contributed by atoms with Gasteiger partial charge >= 0.3 is 0 Å². The Morgan fingerprint density at radius 2 is 2.15 bits per heavy atom. The van der Waals surface area contributed by atoms with E-state index in [9.17, 15) is 4.79 Å². The van der Waals surface area contributed by atoms with Crippen molar-refractivity contribution in [1.29, 1.82) is 0 Å². The number of hydrogen-bond donors (Lipinski definition) is 1. The largest absolute Gasteiger partial charge is 0.277 e. The van der Waals surface area contributed by atoms with E-state index in [1.54, 1.807) is 6.07 Å². The molecule has 0 spiro atoms. The standard InChI is InChI=1S/C10H13NO2/c1-3-8-6-4-5-7-9(8)10(12)11-13-2/h4-7H,3H2,1-2H3,(H,11,12). The van der Waals surface area contributed by atoms with Crippen molar-refractivity contribution in [3.05, 3.63) is 35.4 Å². The number of carbonyl (C=O) groups excluding carboxylic acids is 1. The van der Waals surface area contributed by atoms with Crippen LogP contribution >= 0.6 is 0 Å². The lowest BCUT2D eigenvalue weighted by Gasteiger charge is -2.06. The Hall–Kier alpha value is -1.35. The van der Waals surface area contributed by atoms with Crippen LogP contribution in [0.15, 0.2) is 24.3 Å². The molecule has 0 aliphatic rings. The highest BCUT2D eigenvalue weighted by Gasteiger charge is 2.07. The van der Waals surface area contributed by atoms with E-state index < -0.39 is 0 Å². The Kier molecular flexibility index (Phi) is 3.46. The minimum absolute atomic E-state index is 0.194. The third kappa shape index (κ3) is 2.29. The summed E-state index contributed by atoms with van der Waals surface area (Å²) in [6.45, 7) is 2.01. The fourth-order valence-electron chi connectivity index (χ4n) is 1.20. The van der Waals surface area contributed by atoms with Crippen molar-refractivity contribution in [3.8, 4) is 0 Å². The number of hydroxylamine groups is 1. The van der Waals surface area contributed by atoms with Crippen molar-refractivity contribution in [1.82, 2.24) is 5.48 Å². The quantitative estimate of drug-likeness (QED) is 0.715. The van der Waals surface area contributed by atoms with Crippen LogP contribution in [0.1, 0.15) is 22.8 Å². The lowest BCUT2D eigenvalue weighted by atomic mass is 10.1. The van der Waals surface area contributed by atoms with Gasteiger partial charge in [-0.1, -0.05) is 25.1 Å². The highest BCUT2D eigenvalue weighted by Crippen LogP contribution is 2.08. The van der Waals surface area contributed by atoms with Crippen molar-refractivity contribution in [2.75, 3.05) is 7.11 Å². The van der Waals surface area contributed by atoms with E-state index >= 15 is 0 Å². The van der Waals surface area contributed by atoms with Crippen LogP contribution in [0.4, 0.5) is 0 Å². The van der Waals surface area contributed by atoms with Crippen LogP contribution in [0.5, 0.6) is 0 Å². The molecule has 3 nitrogen and oxygen atoms in total. The van der Waals surface area contributed by atoms with E-state index in [0.29, 0.717) is 5.56 Å². The van der Waals surface area contributed by atoms with Gasteiger partial charge in [0.05, 0.1) is 7.11 Å². The first-order chi connectivity index (χ1) is 6.29. The molecule has 0 saturated carbocycles. The SMILES string of the molecule is CCc1ccccc1C(=O)NOC. The first-order valence-corrected chi connectivity index (χ1v) is 4.20. The number of nitrogens with one attached hydrogen (secondary N) is 1. The smallest absolute Gasteiger partial charge is 0.275 e. The van der Waals surface area contributed by atoms with E-state index in [4.69, 9.17) is 0 Å². The molecule has 70 valence electrons. The van der Waals surface area contributed by atoms with E-state index in [1.807, 2.05) is 25.1 Å². The van der Waals surface area contributed by atoms with E-state index in [-0.39, 0.29) is 5.91 Å². The molecule has 0 unspecified atom stereocenters. The van der Waals surface area contributed by atoms with Crippen molar-refractivity contribution < 1.29 is 9.63 Å². The van der Waals surface area contributed by atoms with Crippen LogP contribution in [0.2, 0.25) is 0 Å². The Morgan fingerprint density at radius 1 is 1.46 bits per heavy atom. The van der Waals surface area contributed by atoms with Crippen LogP contribution in [0.3, 0.4) is 0 Å². The molecule has 1 N–H and O–H groups in total. The minimum Gasteiger partial charge on any atom is -0.277 e. The molecule has 0 aromatic heterocycles. The van der Waals surface area contributed by atoms with Crippen molar-refractivity contribution in [2.45, 2.75) is 13.3 Å². The molecule has 3 heteroatoms. The van der Waals surface area contributed by atoms with Gasteiger partial charge in [-0.05, 0) is 18.1 Å². The predicted octanol–water partition coefficient (Wildman–Crippen LogP) is 1.54. The molecule has 1 rings (SSSR count). The van der Waals surface area contributed by atoms with E-state index in [0.717, 1.165) is 12.0 Å². The van der Waals surface area contributed by atoms with Crippen LogP contribution in [0, 0.1) is 0 Å². The topological polar surface area (TPSA) is 38.3 Å². The van der Waals surface area contributed by atoms with E-state index in [1.165, 1.54) is 7.11 Å². The highest BCUT2D eigenvalue weighted by molar-refractivity contribution is 5.94. The normalized spacial score (nSPS) is 9.69. The third-order valence-corrected chi connectivity index (χ3v) is 1.84. The molecular formula is C10H13NO2. The molecule has 0 aliphatic carbocycles. The van der Waals surface area contributed by atoms with E-state index in [2.05, 4.69) is 10.3 Å². The summed E-state index contributed by atoms with van der Waals surface area (Å²) < 4.78 is 0. The number of benzene rings is 1. The number of amides is 1. The Morgan fingerprint density at radius 3 is 2.77 bits per heavy atom. The molecule has 1 aromatic rings. The molecule has 0 aliphatic heterocycles.